The molecule has 50 heteroatoms. The Morgan fingerprint density at radius 1 is 0.524 bits per heavy atom. The fourth-order valence-electron chi connectivity index (χ4n) is 13.0. The lowest BCUT2D eigenvalue weighted by atomic mass is 9.87. The molecule has 11 aliphatic rings. The van der Waals surface area contributed by atoms with Crippen LogP contribution in [0.4, 0.5) is 0 Å². The molecule has 11 heterocycles. The van der Waals surface area contributed by atoms with Crippen molar-refractivity contribution in [2.45, 2.75) is 165 Å². The van der Waals surface area contributed by atoms with Crippen molar-refractivity contribution in [3.05, 3.63) is 31.9 Å². The Bertz CT molecular complexity index is 3400. The summed E-state index contributed by atoms with van der Waals surface area (Å²) < 4.78 is 133. The summed E-state index contributed by atoms with van der Waals surface area (Å²) in [4.78, 5) is 163. The molecule has 0 bridgehead atoms. The highest BCUT2D eigenvalue weighted by molar-refractivity contribution is 6.14. The van der Waals surface area contributed by atoms with Gasteiger partial charge in [0, 0.05) is 50.1 Å². The van der Waals surface area contributed by atoms with Gasteiger partial charge in [-0.15, -0.1) is 0 Å². The zero-order chi connectivity index (χ0) is 94.3. The Labute approximate surface area is 711 Å². The van der Waals surface area contributed by atoms with Crippen molar-refractivity contribution in [3.8, 4) is 0 Å². The van der Waals surface area contributed by atoms with E-state index in [4.69, 9.17) is 100 Å². The number of esters is 11. The number of carboxylic acids is 1. The van der Waals surface area contributed by atoms with Gasteiger partial charge in [0.2, 0.25) is 6.54 Å². The molecular weight excluding hydrogens is 1680 g/mol. The fraction of sp³-hybridized carbons (Fsp3) is 0.797. The maximum Gasteiger partial charge on any atom is 0.345 e. The highest BCUT2D eigenvalue weighted by Gasteiger charge is 2.58. The Morgan fingerprint density at radius 2 is 0.992 bits per heavy atom. The Kier molecular flexibility index (Phi) is 49.2. The topological polar surface area (TPSA) is 638 Å². The van der Waals surface area contributed by atoms with Gasteiger partial charge in [0.15, 0.2) is 79.9 Å². The summed E-state index contributed by atoms with van der Waals surface area (Å²) in [5.41, 5.74) is -0.193. The third-order valence-corrected chi connectivity index (χ3v) is 18.9. The van der Waals surface area contributed by atoms with E-state index in [1.165, 1.54) is 63.0 Å². The number of ether oxygens (including phenoxy) is 27. The normalized spacial score (nSPS) is 29.2. The lowest BCUT2D eigenvalue weighted by Crippen LogP contribution is -2.44. The van der Waals surface area contributed by atoms with Crippen LogP contribution in [0.15, 0.2) is 11.6 Å². The van der Waals surface area contributed by atoms with Crippen molar-refractivity contribution in [3.63, 3.8) is 0 Å². The summed E-state index contributed by atoms with van der Waals surface area (Å²) in [6, 6.07) is 0. The maximum atomic E-state index is 11.8. The molecule has 20 atom stereocenters. The fourth-order valence-corrected chi connectivity index (χ4v) is 13.0. The predicted octanol–water partition coefficient (Wildman–Crippen LogP) is -2.29. The first-order chi connectivity index (χ1) is 58.3. The lowest BCUT2D eigenvalue weighted by Gasteiger charge is -2.25. The van der Waals surface area contributed by atoms with Crippen molar-refractivity contribution in [2.24, 2.45) is 53.3 Å². The molecule has 11 aliphatic heterocycles. The number of aliphatic hydroxyl groups excluding tert-OH is 3. The minimum Gasteiger partial charge on any atom is -0.481 e. The quantitative estimate of drug-likeness (QED) is 0.0129. The van der Waals surface area contributed by atoms with Gasteiger partial charge in [-0.3, -0.25) is 68.2 Å². The van der Waals surface area contributed by atoms with E-state index < -0.39 is 190 Å². The van der Waals surface area contributed by atoms with Crippen LogP contribution in [0.3, 0.4) is 0 Å². The molecule has 124 heavy (non-hydrogen) atoms. The van der Waals surface area contributed by atoms with E-state index in [1.807, 2.05) is 0 Å². The molecule has 5 unspecified atom stereocenters. The number of aliphatic hydroxyl groups is 3. The number of carboxylic acid groups (broad SMARTS) is 1. The van der Waals surface area contributed by atoms with Gasteiger partial charge in [-0.2, -0.15) is 0 Å². The predicted molar refractivity (Wildman–Crippen MR) is 400 cm³/mol. The lowest BCUT2D eigenvalue weighted by molar-refractivity contribution is -0.491. The maximum absolute atomic E-state index is 11.8. The summed E-state index contributed by atoms with van der Waals surface area (Å²) in [5, 5.41) is 56.3. The van der Waals surface area contributed by atoms with Crippen molar-refractivity contribution in [1.82, 2.24) is 0 Å². The van der Waals surface area contributed by atoms with Gasteiger partial charge < -0.3 is 153 Å². The van der Waals surface area contributed by atoms with Crippen LogP contribution in [0.1, 0.15) is 67.2 Å². The minimum atomic E-state index is -1.44. The second-order valence-corrected chi connectivity index (χ2v) is 28.6. The molecule has 0 amide bonds. The molecule has 4 N–H and O–H groups in total. The Morgan fingerprint density at radius 3 is 1.42 bits per heavy atom. The molecular formula is C74H116N2O48. The van der Waals surface area contributed by atoms with E-state index in [2.05, 4.69) is 42.6 Å². The second-order valence-electron chi connectivity index (χ2n) is 28.6. The number of carbonyl (C=O) groups is 13. The van der Waals surface area contributed by atoms with E-state index in [1.54, 1.807) is 48.7 Å². The number of aldehydes is 1. The molecule has 710 valence electrons. The van der Waals surface area contributed by atoms with Gasteiger partial charge in [0.25, 0.3) is 0 Å². The first-order valence-corrected chi connectivity index (χ1v) is 37.8. The summed E-state index contributed by atoms with van der Waals surface area (Å²) in [5.74, 6) is -16.5. The number of aliphatic carboxylic acids is 1. The summed E-state index contributed by atoms with van der Waals surface area (Å²) in [7, 11) is 17.3. The largest absolute Gasteiger partial charge is 0.481 e. The SMILES string of the molecule is CC1(C)OC[C@@H](C=O)O1.COC(=O)C(=C[C@@H]1COC(C)(C)O1)C(=O)OC.COC(=O)C(C(=O)OC)C(C[N+](=O)[O-])[C@@H]1COC(C)(C)O1.COC(=O)C(C(=O)OC)[C@H]1C(OC)OC[C@@H]1O.COC(=O)CC(=O)OC.COC(=O)[C@@H]1C(=O)O[C@H]2COC(OC)[C@@H]12.COC1OC[C@@H]2OC(=O)C[C@H]12.COC1OC[C@H](O)[C@H]1CC(=O)O.C[N+](=O)[O-].O[C@H]1CO[C@H]2OCC[C@H]21. The van der Waals surface area contributed by atoms with Crippen LogP contribution in [-0.2, 0) is 190 Å². The molecule has 11 fully saturated rings. The first-order valence-electron chi connectivity index (χ1n) is 37.8. The zero-order valence-electron chi connectivity index (χ0n) is 72.4. The number of methoxy groups -OCH3 is 13. The molecule has 50 nitrogen and oxygen atoms in total. The van der Waals surface area contributed by atoms with Crippen LogP contribution < -0.4 is 0 Å². The second kappa shape index (κ2) is 54.9. The summed E-state index contributed by atoms with van der Waals surface area (Å²) in [6.07, 6.45) is -3.36. The Balaban J connectivity index is 0.000000476. The van der Waals surface area contributed by atoms with Crippen molar-refractivity contribution >= 4 is 77.9 Å². The zero-order valence-corrected chi connectivity index (χ0v) is 72.4. The monoisotopic (exact) mass is 1800 g/mol. The van der Waals surface area contributed by atoms with Crippen molar-refractivity contribution < 1.29 is 220 Å². The van der Waals surface area contributed by atoms with E-state index in [-0.39, 0.29) is 100 Å². The number of fused-ring (bicyclic) bond motifs is 3. The van der Waals surface area contributed by atoms with Crippen LogP contribution >= 0.6 is 0 Å². The molecule has 11 rings (SSSR count). The van der Waals surface area contributed by atoms with E-state index in [9.17, 15) is 87.8 Å². The third kappa shape index (κ3) is 35.8. The van der Waals surface area contributed by atoms with Gasteiger partial charge in [-0.1, -0.05) is 0 Å². The highest BCUT2D eigenvalue weighted by atomic mass is 16.8. The summed E-state index contributed by atoms with van der Waals surface area (Å²) >= 11 is 0. The number of hydrogen-bond acceptors (Lipinski definition) is 47. The van der Waals surface area contributed by atoms with Crippen LogP contribution in [-0.4, -0.2) is 371 Å². The van der Waals surface area contributed by atoms with Gasteiger partial charge in [0.1, 0.15) is 36.4 Å². The smallest absolute Gasteiger partial charge is 0.345 e. The molecule has 0 aliphatic carbocycles. The molecule has 0 radical (unpaired) electrons. The third-order valence-electron chi connectivity index (χ3n) is 18.9. The van der Waals surface area contributed by atoms with Crippen molar-refractivity contribution in [2.75, 3.05) is 165 Å². The van der Waals surface area contributed by atoms with E-state index >= 15 is 0 Å². The highest BCUT2D eigenvalue weighted by Crippen LogP contribution is 2.40. The first kappa shape index (κ1) is 111. The number of carbonyl (C=O) groups excluding carboxylic acids is 12. The minimum absolute atomic E-state index is 0.00629. The molecule has 0 spiro atoms. The van der Waals surface area contributed by atoms with E-state index in [0.717, 1.165) is 54.8 Å². The number of hydrogen-bond donors (Lipinski definition) is 4. The van der Waals surface area contributed by atoms with Crippen molar-refractivity contribution in [1.29, 1.82) is 0 Å². The van der Waals surface area contributed by atoms with Crippen LogP contribution in [0.2, 0.25) is 0 Å². The molecule has 0 saturated carbocycles. The van der Waals surface area contributed by atoms with Crippen LogP contribution in [0.25, 0.3) is 0 Å². The Hall–Kier alpha value is -8.91. The summed E-state index contributed by atoms with van der Waals surface area (Å²) in [6.45, 7) is 12.5. The van der Waals surface area contributed by atoms with Gasteiger partial charge in [-0.25, -0.2) is 9.59 Å². The average molecular weight is 1800 g/mol. The van der Waals surface area contributed by atoms with Crippen LogP contribution in [0.5, 0.6) is 0 Å². The van der Waals surface area contributed by atoms with Crippen LogP contribution in [0, 0.1) is 73.5 Å². The number of nitro groups is 2. The average Bonchev–Trinajstić information content (AvgIpc) is 1.62. The van der Waals surface area contributed by atoms with E-state index in [0.29, 0.717) is 26.2 Å². The standard InChI is InChI=1S/C12H19NO8.C11H16O6.C10H16O7.C9H12O6.C7H12O5.C7H10O4.2C6H10O3.C5H8O4.CH3NO2/c1-12(2)20-6-8(21-12)7(5-13(16)17)9(10(14)18-3)11(15)19-4;1-11(2)16-6-7(17-11)5-8(9(12)14-3)10(13)15-4;1-14-8(12)7(9(13)15-2)6-5(11)4-17-10(6)16-3;1-12-7(10)6-5-4(15-8(6)11)3-14-9(5)13-2;1-11-7-4(2-6(9)10)5(8)3-12-7;1-9-7-4-2-6(8)11-5(4)3-10-7;7-5-3-9-6-4(5)1-2-8-6;1-6(2)8-4-5(3-7)9-6;1-8-4(6)3-5(7)9-2;1-2(3)4/h7-9H,5-6H2,1-4H3;5,7H,6H2,1-4H3;5-7,10-11H,4H2,1-3H3;4-6,9H,3H2,1-2H3;4-5,7-8H,2-3H2,1H3,(H,9,10);4-5,7H,2-3H2,1H3;4-7H,1-3H2;3,5H,4H2,1-2H3;3H2,1-2H3;1H3/t7?,8-;7-;5-,6-,10?;4-,5+,6+,9?;4-,5+,7?;4-,5-,7?;4-,5-,6+;5-;;/m01001001../s1. The molecule has 11 saturated heterocycles. The molecule has 0 aromatic heterocycles. The number of rotatable bonds is 22. The van der Waals surface area contributed by atoms with Gasteiger partial charge in [-0.05, 0) is 54.0 Å². The van der Waals surface area contributed by atoms with Gasteiger partial charge >= 0.3 is 71.6 Å². The van der Waals surface area contributed by atoms with Gasteiger partial charge in [0.05, 0.1) is 184 Å². The number of nitrogens with zero attached hydrogens (tertiary/aromatic N) is 2. The molecule has 0 aromatic carbocycles. The molecule has 0 aromatic rings.